The standard InChI is InChI=1S/C20H28N2O4/c1-3-26-20(25)18(12-11-16-8-5-4-6-9-16)21-15(2)19(24)22-13-7-10-17(22)14-23/h4-6,8-9,14-15,17-18,21H,3,7,10-13H2,1-2H3/t15-,17-,18?/m0/s1. The largest absolute Gasteiger partial charge is 0.465 e. The molecule has 0 spiro atoms. The van der Waals surface area contributed by atoms with Gasteiger partial charge in [-0.2, -0.15) is 0 Å². The maximum absolute atomic E-state index is 12.7. The van der Waals surface area contributed by atoms with E-state index in [1.807, 2.05) is 30.3 Å². The van der Waals surface area contributed by atoms with Gasteiger partial charge >= 0.3 is 5.97 Å². The van der Waals surface area contributed by atoms with Crippen molar-refractivity contribution >= 4 is 18.2 Å². The van der Waals surface area contributed by atoms with Gasteiger partial charge in [0.15, 0.2) is 0 Å². The first-order valence-electron chi connectivity index (χ1n) is 9.29. The van der Waals surface area contributed by atoms with Crippen molar-refractivity contribution in [3.63, 3.8) is 0 Å². The van der Waals surface area contributed by atoms with E-state index in [4.69, 9.17) is 4.74 Å². The minimum absolute atomic E-state index is 0.145. The highest BCUT2D eigenvalue weighted by molar-refractivity contribution is 5.85. The molecule has 0 bridgehead atoms. The van der Waals surface area contributed by atoms with Crippen LogP contribution in [0.4, 0.5) is 0 Å². The predicted octanol–water partition coefficient (Wildman–Crippen LogP) is 1.72. The first kappa shape index (κ1) is 20.1. The van der Waals surface area contributed by atoms with E-state index in [0.29, 0.717) is 32.4 Å². The molecule has 26 heavy (non-hydrogen) atoms. The molecule has 1 saturated heterocycles. The van der Waals surface area contributed by atoms with E-state index < -0.39 is 12.1 Å². The van der Waals surface area contributed by atoms with Crippen molar-refractivity contribution in [2.45, 2.75) is 57.7 Å². The van der Waals surface area contributed by atoms with Crippen LogP contribution in [-0.2, 0) is 25.5 Å². The SMILES string of the molecule is CCOC(=O)C(CCc1ccccc1)N[C@@H](C)C(=O)N1CCC[C@H]1C=O. The molecule has 0 saturated carbocycles. The lowest BCUT2D eigenvalue weighted by atomic mass is 10.0. The summed E-state index contributed by atoms with van der Waals surface area (Å²) in [4.78, 5) is 37.7. The quantitative estimate of drug-likeness (QED) is 0.536. The number of likely N-dealkylation sites (tertiary alicyclic amines) is 1. The third-order valence-corrected chi connectivity index (χ3v) is 4.70. The van der Waals surface area contributed by atoms with Gasteiger partial charge in [-0.15, -0.1) is 0 Å². The lowest BCUT2D eigenvalue weighted by Gasteiger charge is -2.27. The number of benzene rings is 1. The lowest BCUT2D eigenvalue weighted by molar-refractivity contribution is -0.146. The highest BCUT2D eigenvalue weighted by Crippen LogP contribution is 2.17. The molecule has 1 fully saturated rings. The van der Waals surface area contributed by atoms with Crippen molar-refractivity contribution < 1.29 is 19.1 Å². The molecule has 1 unspecified atom stereocenters. The molecule has 0 aliphatic carbocycles. The fourth-order valence-electron chi connectivity index (χ4n) is 3.30. The van der Waals surface area contributed by atoms with Gasteiger partial charge in [-0.1, -0.05) is 30.3 Å². The number of hydrogen-bond donors (Lipinski definition) is 1. The number of amides is 1. The van der Waals surface area contributed by atoms with Gasteiger partial charge < -0.3 is 14.4 Å². The zero-order chi connectivity index (χ0) is 18.9. The molecule has 2 rings (SSSR count). The molecule has 142 valence electrons. The second-order valence-corrected chi connectivity index (χ2v) is 6.59. The van der Waals surface area contributed by atoms with E-state index in [-0.39, 0.29) is 17.9 Å². The maximum Gasteiger partial charge on any atom is 0.323 e. The number of carbonyl (C=O) groups excluding carboxylic acids is 3. The Balaban J connectivity index is 1.99. The molecule has 0 aromatic heterocycles. The Morgan fingerprint density at radius 1 is 1.35 bits per heavy atom. The molecule has 0 radical (unpaired) electrons. The molecule has 6 heteroatoms. The Bertz CT molecular complexity index is 605. The van der Waals surface area contributed by atoms with Crippen LogP contribution < -0.4 is 5.32 Å². The molecule has 1 aliphatic heterocycles. The Morgan fingerprint density at radius 3 is 2.73 bits per heavy atom. The molecule has 1 heterocycles. The van der Waals surface area contributed by atoms with Gasteiger partial charge in [-0.3, -0.25) is 14.9 Å². The summed E-state index contributed by atoms with van der Waals surface area (Å²) in [5, 5.41) is 3.11. The number of nitrogens with zero attached hydrogens (tertiary/aromatic N) is 1. The summed E-state index contributed by atoms with van der Waals surface area (Å²) in [6, 6.07) is 8.42. The topological polar surface area (TPSA) is 75.7 Å². The number of nitrogens with one attached hydrogen (secondary N) is 1. The van der Waals surface area contributed by atoms with Crippen LogP contribution in [-0.4, -0.2) is 54.3 Å². The molecule has 1 amide bonds. The Hall–Kier alpha value is -2.21. The number of esters is 1. The number of aryl methyl sites for hydroxylation is 1. The Kier molecular flexibility index (Phi) is 7.78. The van der Waals surface area contributed by atoms with E-state index in [1.165, 1.54) is 0 Å². The normalized spacial score (nSPS) is 19.0. The van der Waals surface area contributed by atoms with Crippen molar-refractivity contribution in [1.82, 2.24) is 10.2 Å². The molecular formula is C20H28N2O4. The van der Waals surface area contributed by atoms with Crippen LogP contribution in [0.15, 0.2) is 30.3 Å². The van der Waals surface area contributed by atoms with Crippen LogP contribution in [0.5, 0.6) is 0 Å². The third-order valence-electron chi connectivity index (χ3n) is 4.70. The Morgan fingerprint density at radius 2 is 2.08 bits per heavy atom. The first-order chi connectivity index (χ1) is 12.6. The van der Waals surface area contributed by atoms with Gasteiger partial charge in [0.1, 0.15) is 12.3 Å². The van der Waals surface area contributed by atoms with Crippen molar-refractivity contribution in [2.75, 3.05) is 13.2 Å². The van der Waals surface area contributed by atoms with Crippen molar-refractivity contribution in [3.05, 3.63) is 35.9 Å². The number of ether oxygens (including phenoxy) is 1. The zero-order valence-corrected chi connectivity index (χ0v) is 15.5. The van der Waals surface area contributed by atoms with Crippen LogP contribution in [0.3, 0.4) is 0 Å². The van der Waals surface area contributed by atoms with E-state index in [1.54, 1.807) is 18.7 Å². The first-order valence-corrected chi connectivity index (χ1v) is 9.29. The van der Waals surface area contributed by atoms with Gasteiger partial charge in [0.25, 0.3) is 0 Å². The molecular weight excluding hydrogens is 332 g/mol. The average Bonchev–Trinajstić information content (AvgIpc) is 3.14. The molecule has 1 aliphatic rings. The monoisotopic (exact) mass is 360 g/mol. The molecule has 1 N–H and O–H groups in total. The van der Waals surface area contributed by atoms with Gasteiger partial charge in [0, 0.05) is 6.54 Å². The lowest BCUT2D eigenvalue weighted by Crippen LogP contribution is -2.52. The zero-order valence-electron chi connectivity index (χ0n) is 15.5. The number of hydrogen-bond acceptors (Lipinski definition) is 5. The highest BCUT2D eigenvalue weighted by atomic mass is 16.5. The van der Waals surface area contributed by atoms with Crippen molar-refractivity contribution in [2.24, 2.45) is 0 Å². The van der Waals surface area contributed by atoms with Crippen molar-refractivity contribution in [1.29, 1.82) is 0 Å². The predicted molar refractivity (Wildman–Crippen MR) is 98.6 cm³/mol. The second kappa shape index (κ2) is 10.1. The summed E-state index contributed by atoms with van der Waals surface area (Å²) in [5.41, 5.74) is 1.13. The van der Waals surface area contributed by atoms with E-state index in [0.717, 1.165) is 18.3 Å². The van der Waals surface area contributed by atoms with Crippen LogP contribution >= 0.6 is 0 Å². The highest BCUT2D eigenvalue weighted by Gasteiger charge is 2.33. The minimum atomic E-state index is -0.564. The fourth-order valence-corrected chi connectivity index (χ4v) is 3.30. The van der Waals surface area contributed by atoms with Crippen LogP contribution in [0, 0.1) is 0 Å². The van der Waals surface area contributed by atoms with Crippen molar-refractivity contribution in [3.8, 4) is 0 Å². The average molecular weight is 360 g/mol. The summed E-state index contributed by atoms with van der Waals surface area (Å²) in [6.45, 7) is 4.38. The summed E-state index contributed by atoms with van der Waals surface area (Å²) < 4.78 is 5.16. The molecule has 1 aromatic rings. The smallest absolute Gasteiger partial charge is 0.323 e. The third kappa shape index (κ3) is 5.39. The second-order valence-electron chi connectivity index (χ2n) is 6.59. The van der Waals surface area contributed by atoms with Crippen LogP contribution in [0.1, 0.15) is 38.7 Å². The fraction of sp³-hybridized carbons (Fsp3) is 0.550. The molecule has 6 nitrogen and oxygen atoms in total. The van der Waals surface area contributed by atoms with E-state index in [9.17, 15) is 14.4 Å². The number of aldehydes is 1. The molecule has 1 aromatic carbocycles. The summed E-state index contributed by atoms with van der Waals surface area (Å²) in [5.74, 6) is -0.495. The number of rotatable bonds is 9. The molecule has 3 atom stereocenters. The van der Waals surface area contributed by atoms with Gasteiger partial charge in [-0.25, -0.2) is 0 Å². The van der Waals surface area contributed by atoms with Gasteiger partial charge in [0.05, 0.1) is 18.7 Å². The van der Waals surface area contributed by atoms with Crippen LogP contribution in [0.2, 0.25) is 0 Å². The summed E-state index contributed by atoms with van der Waals surface area (Å²) >= 11 is 0. The summed E-state index contributed by atoms with van der Waals surface area (Å²) in [6.07, 6.45) is 3.61. The summed E-state index contributed by atoms with van der Waals surface area (Å²) in [7, 11) is 0. The maximum atomic E-state index is 12.7. The number of carbonyl (C=O) groups is 3. The van der Waals surface area contributed by atoms with Gasteiger partial charge in [-0.05, 0) is 45.1 Å². The van der Waals surface area contributed by atoms with Crippen LogP contribution in [0.25, 0.3) is 0 Å². The van der Waals surface area contributed by atoms with E-state index >= 15 is 0 Å². The van der Waals surface area contributed by atoms with E-state index in [2.05, 4.69) is 5.32 Å². The van der Waals surface area contributed by atoms with Gasteiger partial charge in [0.2, 0.25) is 5.91 Å². The minimum Gasteiger partial charge on any atom is -0.465 e. The Labute approximate surface area is 154 Å².